The predicted molar refractivity (Wildman–Crippen MR) is 85.4 cm³/mol. The summed E-state index contributed by atoms with van der Waals surface area (Å²) >= 11 is 0. The first-order valence-corrected chi connectivity index (χ1v) is 8.03. The lowest BCUT2D eigenvalue weighted by Crippen LogP contribution is -2.42. The molecule has 0 saturated carbocycles. The second kappa shape index (κ2) is 6.48. The van der Waals surface area contributed by atoms with Crippen LogP contribution in [0.25, 0.3) is 0 Å². The van der Waals surface area contributed by atoms with E-state index < -0.39 is 0 Å². The van der Waals surface area contributed by atoms with Gasteiger partial charge in [-0.2, -0.15) is 0 Å². The summed E-state index contributed by atoms with van der Waals surface area (Å²) in [5, 5.41) is 3.39. The quantitative estimate of drug-likeness (QED) is 0.917. The Bertz CT molecular complexity index is 497. The first-order valence-electron chi connectivity index (χ1n) is 8.03. The van der Waals surface area contributed by atoms with Gasteiger partial charge in [0.25, 0.3) is 0 Å². The number of likely N-dealkylation sites (tertiary alicyclic amines) is 1. The normalized spacial score (nSPS) is 21.7. The maximum atomic E-state index is 12.6. The highest BCUT2D eigenvalue weighted by molar-refractivity contribution is 5.80. The highest BCUT2D eigenvalue weighted by atomic mass is 16.2. The van der Waals surface area contributed by atoms with Crippen LogP contribution in [0.1, 0.15) is 18.4 Å². The van der Waals surface area contributed by atoms with E-state index in [9.17, 15) is 4.79 Å². The predicted octanol–water partition coefficient (Wildman–Crippen LogP) is 1.82. The summed E-state index contributed by atoms with van der Waals surface area (Å²) in [5.41, 5.74) is 2.44. The fraction of sp³-hybridized carbons (Fsp3) is 0.588. The number of amides is 1. The van der Waals surface area contributed by atoms with Crippen LogP contribution in [-0.4, -0.2) is 55.5 Å². The smallest absolute Gasteiger partial charge is 0.227 e. The van der Waals surface area contributed by atoms with E-state index in [1.807, 2.05) is 24.1 Å². The van der Waals surface area contributed by atoms with Crippen LogP contribution in [0.4, 0.5) is 5.69 Å². The SMILES string of the molecule is CN(CCN1CCCC1)C(=O)C1CNc2ccccc2C1. The lowest BCUT2D eigenvalue weighted by atomic mass is 9.93. The number of rotatable bonds is 4. The van der Waals surface area contributed by atoms with Gasteiger partial charge in [-0.15, -0.1) is 0 Å². The van der Waals surface area contributed by atoms with Crippen molar-refractivity contribution in [1.29, 1.82) is 0 Å². The highest BCUT2D eigenvalue weighted by Crippen LogP contribution is 2.25. The number of anilines is 1. The van der Waals surface area contributed by atoms with Crippen LogP contribution in [0, 0.1) is 5.92 Å². The third-order valence-corrected chi connectivity index (χ3v) is 4.70. The van der Waals surface area contributed by atoms with Gasteiger partial charge in [0.05, 0.1) is 5.92 Å². The van der Waals surface area contributed by atoms with Crippen molar-refractivity contribution < 1.29 is 4.79 Å². The van der Waals surface area contributed by atoms with Crippen molar-refractivity contribution >= 4 is 11.6 Å². The molecule has 1 atom stereocenters. The molecule has 114 valence electrons. The molecule has 2 aliphatic rings. The number of carbonyl (C=O) groups is 1. The summed E-state index contributed by atoms with van der Waals surface area (Å²) in [6.07, 6.45) is 3.47. The molecule has 1 amide bonds. The average Bonchev–Trinajstić information content (AvgIpc) is 3.05. The standard InChI is InChI=1S/C17H25N3O/c1-19(10-11-20-8-4-5-9-20)17(21)15-12-14-6-2-3-7-16(14)18-13-15/h2-3,6-7,15,18H,4-5,8-13H2,1H3. The number of fused-ring (bicyclic) bond motifs is 1. The van der Waals surface area contributed by atoms with Crippen molar-refractivity contribution in [3.63, 3.8) is 0 Å². The summed E-state index contributed by atoms with van der Waals surface area (Å²) in [4.78, 5) is 17.0. The Balaban J connectivity index is 1.53. The van der Waals surface area contributed by atoms with E-state index in [0.717, 1.165) is 26.1 Å². The van der Waals surface area contributed by atoms with Gasteiger partial charge in [0.2, 0.25) is 5.91 Å². The Hall–Kier alpha value is -1.55. The zero-order valence-corrected chi connectivity index (χ0v) is 12.8. The van der Waals surface area contributed by atoms with Gasteiger partial charge in [-0.25, -0.2) is 0 Å². The summed E-state index contributed by atoms with van der Waals surface area (Å²) in [6, 6.07) is 8.29. The summed E-state index contributed by atoms with van der Waals surface area (Å²) < 4.78 is 0. The van der Waals surface area contributed by atoms with Gasteiger partial charge in [0.15, 0.2) is 0 Å². The van der Waals surface area contributed by atoms with Gasteiger partial charge in [-0.05, 0) is 44.0 Å². The van der Waals surface area contributed by atoms with Gasteiger partial charge in [0, 0.05) is 32.4 Å². The Morgan fingerprint density at radius 1 is 1.33 bits per heavy atom. The molecule has 1 unspecified atom stereocenters. The molecule has 4 heteroatoms. The van der Waals surface area contributed by atoms with Crippen LogP contribution < -0.4 is 5.32 Å². The minimum Gasteiger partial charge on any atom is -0.384 e. The third-order valence-electron chi connectivity index (χ3n) is 4.70. The van der Waals surface area contributed by atoms with E-state index in [1.54, 1.807) is 0 Å². The largest absolute Gasteiger partial charge is 0.384 e. The molecule has 1 saturated heterocycles. The molecule has 1 fully saturated rings. The molecule has 0 radical (unpaired) electrons. The van der Waals surface area contributed by atoms with Gasteiger partial charge in [0.1, 0.15) is 0 Å². The molecule has 21 heavy (non-hydrogen) atoms. The van der Waals surface area contributed by atoms with Crippen molar-refractivity contribution in [2.75, 3.05) is 45.1 Å². The highest BCUT2D eigenvalue weighted by Gasteiger charge is 2.26. The molecular formula is C17H25N3O. The Morgan fingerprint density at radius 2 is 2.10 bits per heavy atom. The molecule has 0 aliphatic carbocycles. The van der Waals surface area contributed by atoms with Crippen molar-refractivity contribution in [3.05, 3.63) is 29.8 Å². The Labute approximate surface area is 127 Å². The monoisotopic (exact) mass is 287 g/mol. The van der Waals surface area contributed by atoms with Crippen LogP contribution >= 0.6 is 0 Å². The van der Waals surface area contributed by atoms with Gasteiger partial charge < -0.3 is 15.1 Å². The lowest BCUT2D eigenvalue weighted by Gasteiger charge is -2.29. The number of benzene rings is 1. The number of likely N-dealkylation sites (N-methyl/N-ethyl adjacent to an activating group) is 1. The molecule has 1 aromatic rings. The van der Waals surface area contributed by atoms with E-state index in [4.69, 9.17) is 0 Å². The number of nitrogens with one attached hydrogen (secondary N) is 1. The maximum Gasteiger partial charge on any atom is 0.227 e. The van der Waals surface area contributed by atoms with E-state index in [1.165, 1.54) is 37.2 Å². The van der Waals surface area contributed by atoms with Crippen LogP contribution in [0.3, 0.4) is 0 Å². The zero-order chi connectivity index (χ0) is 14.7. The van der Waals surface area contributed by atoms with Gasteiger partial charge >= 0.3 is 0 Å². The average molecular weight is 287 g/mol. The second-order valence-electron chi connectivity index (χ2n) is 6.25. The fourth-order valence-corrected chi connectivity index (χ4v) is 3.34. The lowest BCUT2D eigenvalue weighted by molar-refractivity contribution is -0.134. The summed E-state index contributed by atoms with van der Waals surface area (Å²) in [5.74, 6) is 0.347. The molecule has 4 nitrogen and oxygen atoms in total. The number of para-hydroxylation sites is 1. The molecule has 0 aromatic heterocycles. The van der Waals surface area contributed by atoms with Gasteiger partial charge in [-0.3, -0.25) is 4.79 Å². The summed E-state index contributed by atoms with van der Waals surface area (Å²) in [7, 11) is 1.94. The molecule has 1 aromatic carbocycles. The molecule has 2 heterocycles. The molecule has 0 spiro atoms. The number of hydrogen-bond acceptors (Lipinski definition) is 3. The molecule has 0 bridgehead atoms. The van der Waals surface area contributed by atoms with Crippen molar-refractivity contribution in [2.45, 2.75) is 19.3 Å². The van der Waals surface area contributed by atoms with Crippen molar-refractivity contribution in [2.24, 2.45) is 5.92 Å². The third kappa shape index (κ3) is 3.38. The van der Waals surface area contributed by atoms with Crippen LogP contribution in [0.2, 0.25) is 0 Å². The molecule has 3 rings (SSSR count). The van der Waals surface area contributed by atoms with Crippen molar-refractivity contribution in [3.8, 4) is 0 Å². The molecule has 1 N–H and O–H groups in total. The van der Waals surface area contributed by atoms with E-state index in [2.05, 4.69) is 22.3 Å². The minimum atomic E-state index is 0.0727. The van der Waals surface area contributed by atoms with Crippen molar-refractivity contribution in [1.82, 2.24) is 9.80 Å². The van der Waals surface area contributed by atoms with E-state index in [0.29, 0.717) is 0 Å². The van der Waals surface area contributed by atoms with E-state index in [-0.39, 0.29) is 11.8 Å². The first-order chi connectivity index (χ1) is 10.2. The Kier molecular flexibility index (Phi) is 4.44. The molecule has 2 aliphatic heterocycles. The Morgan fingerprint density at radius 3 is 2.90 bits per heavy atom. The van der Waals surface area contributed by atoms with Crippen LogP contribution in [-0.2, 0) is 11.2 Å². The molecular weight excluding hydrogens is 262 g/mol. The van der Waals surface area contributed by atoms with Gasteiger partial charge in [-0.1, -0.05) is 18.2 Å². The fourth-order valence-electron chi connectivity index (χ4n) is 3.34. The number of nitrogens with zero attached hydrogens (tertiary/aromatic N) is 2. The minimum absolute atomic E-state index is 0.0727. The second-order valence-corrected chi connectivity index (χ2v) is 6.25. The van der Waals surface area contributed by atoms with Crippen LogP contribution in [0.5, 0.6) is 0 Å². The first kappa shape index (κ1) is 14.4. The summed E-state index contributed by atoms with van der Waals surface area (Å²) in [6.45, 7) is 5.00. The number of carbonyl (C=O) groups excluding carboxylic acids is 1. The topological polar surface area (TPSA) is 35.6 Å². The van der Waals surface area contributed by atoms with Crippen LogP contribution in [0.15, 0.2) is 24.3 Å². The van der Waals surface area contributed by atoms with E-state index >= 15 is 0 Å². The zero-order valence-electron chi connectivity index (χ0n) is 12.8. The number of hydrogen-bond donors (Lipinski definition) is 1. The maximum absolute atomic E-state index is 12.6.